The first-order chi connectivity index (χ1) is 11.6. The number of aromatic nitrogens is 1. The lowest BCUT2D eigenvalue weighted by Gasteiger charge is -2.17. The molecule has 24 heavy (non-hydrogen) atoms. The van der Waals surface area contributed by atoms with Crippen molar-refractivity contribution in [1.82, 2.24) is 4.57 Å². The van der Waals surface area contributed by atoms with E-state index in [0.29, 0.717) is 0 Å². The van der Waals surface area contributed by atoms with Crippen LogP contribution in [0, 0.1) is 20.8 Å². The third-order valence-electron chi connectivity index (χ3n) is 4.64. The Morgan fingerprint density at radius 2 is 1.29 bits per heavy atom. The number of para-hydroxylation sites is 1. The summed E-state index contributed by atoms with van der Waals surface area (Å²) in [5.74, 6) is 0. The highest BCUT2D eigenvalue weighted by molar-refractivity contribution is 5.89. The van der Waals surface area contributed by atoms with Crippen LogP contribution in [0.15, 0.2) is 72.8 Å². The Morgan fingerprint density at radius 3 is 2.00 bits per heavy atom. The quantitative estimate of drug-likeness (QED) is 0.414. The second kappa shape index (κ2) is 5.68. The Morgan fingerprint density at radius 1 is 0.667 bits per heavy atom. The van der Waals surface area contributed by atoms with Crippen molar-refractivity contribution in [2.45, 2.75) is 20.8 Å². The van der Waals surface area contributed by atoms with Crippen LogP contribution in [0.25, 0.3) is 27.8 Å². The molecule has 118 valence electrons. The molecule has 0 saturated heterocycles. The number of rotatable bonds is 2. The van der Waals surface area contributed by atoms with Crippen LogP contribution in [0.4, 0.5) is 0 Å². The molecule has 0 saturated carbocycles. The second-order valence-electron chi connectivity index (χ2n) is 6.54. The zero-order valence-corrected chi connectivity index (χ0v) is 14.4. The number of aryl methyl sites for hydroxylation is 3. The molecule has 0 spiro atoms. The minimum absolute atomic E-state index is 1.24. The first kappa shape index (κ1) is 14.8. The van der Waals surface area contributed by atoms with Crippen LogP contribution in [-0.2, 0) is 0 Å². The highest BCUT2D eigenvalue weighted by Gasteiger charge is 2.15. The van der Waals surface area contributed by atoms with Gasteiger partial charge in [-0.15, -0.1) is 0 Å². The molecule has 1 heterocycles. The van der Waals surface area contributed by atoms with E-state index in [0.717, 1.165) is 0 Å². The van der Waals surface area contributed by atoms with Gasteiger partial charge in [0.1, 0.15) is 0 Å². The molecule has 1 heteroatoms. The summed E-state index contributed by atoms with van der Waals surface area (Å²) in [5, 5.41) is 1.27. The normalized spacial score (nSPS) is 11.1. The van der Waals surface area contributed by atoms with E-state index >= 15 is 0 Å². The predicted octanol–water partition coefficient (Wildman–Crippen LogP) is 6.22. The second-order valence-corrected chi connectivity index (χ2v) is 6.54. The number of benzene rings is 3. The van der Waals surface area contributed by atoms with E-state index in [1.54, 1.807) is 0 Å². The molecule has 1 nitrogen and oxygen atoms in total. The van der Waals surface area contributed by atoms with Gasteiger partial charge in [0.15, 0.2) is 0 Å². The van der Waals surface area contributed by atoms with Gasteiger partial charge >= 0.3 is 0 Å². The predicted molar refractivity (Wildman–Crippen MR) is 103 cm³/mol. The van der Waals surface area contributed by atoms with E-state index in [-0.39, 0.29) is 0 Å². The average Bonchev–Trinajstić information content (AvgIpc) is 2.94. The molecule has 0 fully saturated rings. The van der Waals surface area contributed by atoms with Crippen molar-refractivity contribution in [3.05, 3.63) is 89.5 Å². The molecule has 0 aliphatic carbocycles. The zero-order chi connectivity index (χ0) is 16.7. The van der Waals surface area contributed by atoms with Gasteiger partial charge in [-0.1, -0.05) is 66.2 Å². The van der Waals surface area contributed by atoms with Gasteiger partial charge in [-0.3, -0.25) is 0 Å². The fourth-order valence-electron chi connectivity index (χ4n) is 3.74. The smallest absolute Gasteiger partial charge is 0.0541 e. The fourth-order valence-corrected chi connectivity index (χ4v) is 3.74. The molecule has 0 unspecified atom stereocenters. The van der Waals surface area contributed by atoms with Crippen molar-refractivity contribution in [2.24, 2.45) is 0 Å². The van der Waals surface area contributed by atoms with Crippen LogP contribution in [0.5, 0.6) is 0 Å². The van der Waals surface area contributed by atoms with Gasteiger partial charge in [-0.05, 0) is 49.6 Å². The minimum atomic E-state index is 1.24. The molecule has 4 aromatic rings. The number of fused-ring (bicyclic) bond motifs is 1. The van der Waals surface area contributed by atoms with Gasteiger partial charge < -0.3 is 4.57 Å². The largest absolute Gasteiger partial charge is 0.309 e. The lowest BCUT2D eigenvalue weighted by atomic mass is 10.0. The van der Waals surface area contributed by atoms with E-state index in [2.05, 4.69) is 98.1 Å². The van der Waals surface area contributed by atoms with Gasteiger partial charge in [-0.2, -0.15) is 0 Å². The molecule has 4 rings (SSSR count). The molecule has 0 bridgehead atoms. The van der Waals surface area contributed by atoms with E-state index in [1.165, 1.54) is 44.5 Å². The lowest BCUT2D eigenvalue weighted by molar-refractivity contribution is 1.08. The number of hydrogen-bond donors (Lipinski definition) is 0. The van der Waals surface area contributed by atoms with Gasteiger partial charge in [0.05, 0.1) is 16.9 Å². The Hall–Kier alpha value is -2.80. The summed E-state index contributed by atoms with van der Waals surface area (Å²) < 4.78 is 2.41. The van der Waals surface area contributed by atoms with E-state index < -0.39 is 0 Å². The molecule has 0 atom stereocenters. The summed E-state index contributed by atoms with van der Waals surface area (Å²) in [7, 11) is 0. The molecule has 1 aromatic heterocycles. The Labute approximate surface area is 143 Å². The SMILES string of the molecule is Cc1cc(C)c(-n2c(-c3ccccc3)cc3ccccc32)c(C)c1. The summed E-state index contributed by atoms with van der Waals surface area (Å²) in [6, 6.07) is 26.1. The van der Waals surface area contributed by atoms with Crippen molar-refractivity contribution >= 4 is 10.9 Å². The zero-order valence-electron chi connectivity index (χ0n) is 14.4. The minimum Gasteiger partial charge on any atom is -0.309 e. The van der Waals surface area contributed by atoms with Crippen LogP contribution in [-0.4, -0.2) is 4.57 Å². The van der Waals surface area contributed by atoms with Crippen molar-refractivity contribution in [2.75, 3.05) is 0 Å². The van der Waals surface area contributed by atoms with Gasteiger partial charge in [0.2, 0.25) is 0 Å². The monoisotopic (exact) mass is 311 g/mol. The lowest BCUT2D eigenvalue weighted by Crippen LogP contribution is -2.02. The molecule has 0 aliphatic heterocycles. The molecular weight excluding hydrogens is 290 g/mol. The van der Waals surface area contributed by atoms with Gasteiger partial charge in [-0.25, -0.2) is 0 Å². The summed E-state index contributed by atoms with van der Waals surface area (Å²) >= 11 is 0. The van der Waals surface area contributed by atoms with Crippen LogP contribution in [0.3, 0.4) is 0 Å². The van der Waals surface area contributed by atoms with Crippen LogP contribution >= 0.6 is 0 Å². The van der Waals surface area contributed by atoms with Crippen molar-refractivity contribution in [3.63, 3.8) is 0 Å². The van der Waals surface area contributed by atoms with E-state index in [1.807, 2.05) is 0 Å². The van der Waals surface area contributed by atoms with Crippen LogP contribution in [0.2, 0.25) is 0 Å². The highest BCUT2D eigenvalue weighted by atomic mass is 15.0. The third-order valence-corrected chi connectivity index (χ3v) is 4.64. The number of nitrogens with zero attached hydrogens (tertiary/aromatic N) is 1. The maximum Gasteiger partial charge on any atom is 0.0541 e. The van der Waals surface area contributed by atoms with Crippen molar-refractivity contribution in [1.29, 1.82) is 0 Å². The summed E-state index contributed by atoms with van der Waals surface area (Å²) in [5.41, 5.74) is 8.97. The Bertz CT molecular complexity index is 1000. The Balaban J connectivity index is 2.12. The molecule has 0 N–H and O–H groups in total. The topological polar surface area (TPSA) is 4.93 Å². The summed E-state index contributed by atoms with van der Waals surface area (Å²) in [6.07, 6.45) is 0. The van der Waals surface area contributed by atoms with Crippen LogP contribution in [0.1, 0.15) is 16.7 Å². The van der Waals surface area contributed by atoms with E-state index in [9.17, 15) is 0 Å². The first-order valence-corrected chi connectivity index (χ1v) is 8.39. The summed E-state index contributed by atoms with van der Waals surface area (Å²) in [4.78, 5) is 0. The average molecular weight is 311 g/mol. The van der Waals surface area contributed by atoms with Gasteiger partial charge in [0.25, 0.3) is 0 Å². The van der Waals surface area contributed by atoms with E-state index in [4.69, 9.17) is 0 Å². The maximum absolute atomic E-state index is 2.41. The standard InChI is InChI=1S/C23H21N/c1-16-13-17(2)23(18(3)14-16)24-21-12-8-7-11-20(21)15-22(24)19-9-5-4-6-10-19/h4-15H,1-3H3. The maximum atomic E-state index is 2.41. The number of hydrogen-bond acceptors (Lipinski definition) is 0. The van der Waals surface area contributed by atoms with Crippen LogP contribution < -0.4 is 0 Å². The molecule has 0 radical (unpaired) electrons. The summed E-state index contributed by atoms with van der Waals surface area (Å²) in [6.45, 7) is 6.58. The van der Waals surface area contributed by atoms with Gasteiger partial charge in [0, 0.05) is 5.39 Å². The molecule has 0 aliphatic rings. The molecule has 3 aromatic carbocycles. The van der Waals surface area contributed by atoms with Crippen molar-refractivity contribution in [3.8, 4) is 16.9 Å². The molecular formula is C23H21N. The van der Waals surface area contributed by atoms with Crippen molar-refractivity contribution < 1.29 is 0 Å². The fraction of sp³-hybridized carbons (Fsp3) is 0.130. The first-order valence-electron chi connectivity index (χ1n) is 8.39. The Kier molecular flexibility index (Phi) is 3.50. The molecule has 0 amide bonds. The third kappa shape index (κ3) is 2.33. The highest BCUT2D eigenvalue weighted by Crippen LogP contribution is 2.34.